The van der Waals surface area contributed by atoms with Crippen LogP contribution in [0.5, 0.6) is 0 Å². The van der Waals surface area contributed by atoms with Crippen LogP contribution in [-0.2, 0) is 25.7 Å². The SMILES string of the molecule is Cc1cc(CCc2ccc(Cc3ccc(N)cc3)c(C)c2)ccc1Cc1ccc(N)cc1. The fourth-order valence-electron chi connectivity index (χ4n) is 4.22. The number of rotatable bonds is 7. The lowest BCUT2D eigenvalue weighted by Crippen LogP contribution is -1.98. The van der Waals surface area contributed by atoms with Gasteiger partial charge in [-0.3, -0.25) is 0 Å². The van der Waals surface area contributed by atoms with Crippen LogP contribution in [0.25, 0.3) is 0 Å². The van der Waals surface area contributed by atoms with Crippen molar-refractivity contribution in [1.82, 2.24) is 0 Å². The normalized spacial score (nSPS) is 10.9. The largest absolute Gasteiger partial charge is 0.399 e. The van der Waals surface area contributed by atoms with E-state index in [2.05, 4.69) is 74.5 Å². The predicted octanol–water partition coefficient (Wildman–Crippen LogP) is 6.43. The monoisotopic (exact) mass is 420 g/mol. The van der Waals surface area contributed by atoms with Gasteiger partial charge < -0.3 is 11.5 Å². The van der Waals surface area contributed by atoms with Crippen molar-refractivity contribution < 1.29 is 0 Å². The Bertz CT molecular complexity index is 1090. The highest BCUT2D eigenvalue weighted by Crippen LogP contribution is 2.20. The van der Waals surface area contributed by atoms with Gasteiger partial charge in [-0.05, 0) is 108 Å². The molecule has 0 atom stereocenters. The summed E-state index contributed by atoms with van der Waals surface area (Å²) >= 11 is 0. The molecule has 0 fully saturated rings. The molecule has 2 heteroatoms. The average Bonchev–Trinajstić information content (AvgIpc) is 2.78. The third-order valence-electron chi connectivity index (χ3n) is 6.26. The summed E-state index contributed by atoms with van der Waals surface area (Å²) in [6.45, 7) is 4.43. The second-order valence-electron chi connectivity index (χ2n) is 8.86. The van der Waals surface area contributed by atoms with Crippen molar-refractivity contribution in [1.29, 1.82) is 0 Å². The van der Waals surface area contributed by atoms with E-state index < -0.39 is 0 Å². The van der Waals surface area contributed by atoms with Crippen molar-refractivity contribution in [3.63, 3.8) is 0 Å². The minimum absolute atomic E-state index is 0.814. The fraction of sp³-hybridized carbons (Fsp3) is 0.200. The lowest BCUT2D eigenvalue weighted by atomic mass is 9.94. The van der Waals surface area contributed by atoms with Crippen LogP contribution >= 0.6 is 0 Å². The first-order valence-corrected chi connectivity index (χ1v) is 11.3. The van der Waals surface area contributed by atoms with Gasteiger partial charge in [0.15, 0.2) is 0 Å². The molecule has 2 nitrogen and oxygen atoms in total. The summed E-state index contributed by atoms with van der Waals surface area (Å²) in [4.78, 5) is 0. The van der Waals surface area contributed by atoms with Crippen LogP contribution < -0.4 is 11.5 Å². The summed E-state index contributed by atoms with van der Waals surface area (Å²) < 4.78 is 0. The summed E-state index contributed by atoms with van der Waals surface area (Å²) in [5, 5.41) is 0. The molecule has 0 aliphatic carbocycles. The zero-order chi connectivity index (χ0) is 22.5. The number of nitrogens with two attached hydrogens (primary N) is 2. The standard InChI is InChI=1S/C30H32N2/c1-21-17-23(5-11-27(21)19-25-7-13-29(31)14-8-25)3-4-24-6-12-28(22(2)18-24)20-26-9-15-30(32)16-10-26/h5-18H,3-4,19-20,31-32H2,1-2H3. The first kappa shape index (κ1) is 21.7. The number of benzene rings is 4. The molecule has 0 aliphatic rings. The fourth-order valence-corrected chi connectivity index (χ4v) is 4.22. The zero-order valence-corrected chi connectivity index (χ0v) is 19.1. The summed E-state index contributed by atoms with van der Waals surface area (Å²) in [5.74, 6) is 0. The maximum atomic E-state index is 5.80. The van der Waals surface area contributed by atoms with Gasteiger partial charge in [0.1, 0.15) is 0 Å². The number of anilines is 2. The van der Waals surface area contributed by atoms with E-state index >= 15 is 0 Å². The lowest BCUT2D eigenvalue weighted by Gasteiger charge is -2.11. The molecule has 4 aromatic carbocycles. The molecule has 0 saturated carbocycles. The summed E-state index contributed by atoms with van der Waals surface area (Å²) in [6, 6.07) is 30.2. The Kier molecular flexibility index (Phi) is 6.61. The number of aryl methyl sites for hydroxylation is 4. The molecule has 0 bridgehead atoms. The smallest absolute Gasteiger partial charge is 0.0314 e. The van der Waals surface area contributed by atoms with Gasteiger partial charge in [-0.2, -0.15) is 0 Å². The molecular formula is C30H32N2. The Morgan fingerprint density at radius 3 is 1.16 bits per heavy atom. The molecule has 0 heterocycles. The van der Waals surface area contributed by atoms with Gasteiger partial charge >= 0.3 is 0 Å². The highest BCUT2D eigenvalue weighted by atomic mass is 14.5. The second kappa shape index (κ2) is 9.74. The Morgan fingerprint density at radius 2 is 0.812 bits per heavy atom. The van der Waals surface area contributed by atoms with Gasteiger partial charge in [0.2, 0.25) is 0 Å². The molecule has 0 amide bonds. The Balaban J connectivity index is 1.37. The second-order valence-corrected chi connectivity index (χ2v) is 8.86. The summed E-state index contributed by atoms with van der Waals surface area (Å²) in [7, 11) is 0. The number of hydrogen-bond donors (Lipinski definition) is 2. The van der Waals surface area contributed by atoms with E-state index in [1.165, 1.54) is 44.5 Å². The Hall–Kier alpha value is -3.52. The van der Waals surface area contributed by atoms with Gasteiger partial charge in [-0.15, -0.1) is 0 Å². The van der Waals surface area contributed by atoms with Crippen molar-refractivity contribution in [2.45, 2.75) is 39.5 Å². The molecule has 4 aromatic rings. The topological polar surface area (TPSA) is 52.0 Å². The van der Waals surface area contributed by atoms with Gasteiger partial charge in [0, 0.05) is 11.4 Å². The van der Waals surface area contributed by atoms with E-state index in [1.54, 1.807) is 0 Å². The van der Waals surface area contributed by atoms with Crippen LogP contribution in [0.2, 0.25) is 0 Å². The minimum atomic E-state index is 0.814. The molecule has 0 radical (unpaired) electrons. The molecule has 0 unspecified atom stereocenters. The molecule has 0 spiro atoms. The zero-order valence-electron chi connectivity index (χ0n) is 19.1. The highest BCUT2D eigenvalue weighted by molar-refractivity contribution is 5.43. The molecule has 32 heavy (non-hydrogen) atoms. The van der Waals surface area contributed by atoms with Crippen LogP contribution in [0.4, 0.5) is 11.4 Å². The maximum absolute atomic E-state index is 5.80. The van der Waals surface area contributed by atoms with Crippen molar-refractivity contribution >= 4 is 11.4 Å². The van der Waals surface area contributed by atoms with Crippen molar-refractivity contribution in [2.24, 2.45) is 0 Å². The molecule has 162 valence electrons. The van der Waals surface area contributed by atoms with Crippen molar-refractivity contribution in [3.8, 4) is 0 Å². The highest BCUT2D eigenvalue weighted by Gasteiger charge is 2.05. The lowest BCUT2D eigenvalue weighted by molar-refractivity contribution is 0.949. The van der Waals surface area contributed by atoms with E-state index in [4.69, 9.17) is 11.5 Å². The average molecular weight is 421 g/mol. The van der Waals surface area contributed by atoms with Gasteiger partial charge in [0.25, 0.3) is 0 Å². The van der Waals surface area contributed by atoms with E-state index in [1.807, 2.05) is 24.3 Å². The molecule has 0 aliphatic heterocycles. The quantitative estimate of drug-likeness (QED) is 0.338. The molecular weight excluding hydrogens is 388 g/mol. The first-order valence-electron chi connectivity index (χ1n) is 11.3. The third-order valence-corrected chi connectivity index (χ3v) is 6.26. The maximum Gasteiger partial charge on any atom is 0.0314 e. The van der Waals surface area contributed by atoms with E-state index in [0.29, 0.717) is 0 Å². The molecule has 0 aromatic heterocycles. The molecule has 4 N–H and O–H groups in total. The van der Waals surface area contributed by atoms with Crippen LogP contribution in [0.15, 0.2) is 84.9 Å². The van der Waals surface area contributed by atoms with Crippen LogP contribution in [0, 0.1) is 13.8 Å². The number of hydrogen-bond acceptors (Lipinski definition) is 2. The Labute approximate surface area is 191 Å². The molecule has 0 saturated heterocycles. The van der Waals surface area contributed by atoms with Gasteiger partial charge in [-0.1, -0.05) is 60.7 Å². The predicted molar refractivity (Wildman–Crippen MR) is 137 cm³/mol. The number of nitrogen functional groups attached to an aromatic ring is 2. The van der Waals surface area contributed by atoms with Crippen LogP contribution in [0.3, 0.4) is 0 Å². The van der Waals surface area contributed by atoms with E-state index in [9.17, 15) is 0 Å². The van der Waals surface area contributed by atoms with Crippen LogP contribution in [0.1, 0.15) is 44.5 Å². The van der Waals surface area contributed by atoms with Crippen molar-refractivity contribution in [3.05, 3.63) is 129 Å². The Morgan fingerprint density at radius 1 is 0.469 bits per heavy atom. The van der Waals surface area contributed by atoms with Crippen molar-refractivity contribution in [2.75, 3.05) is 11.5 Å². The van der Waals surface area contributed by atoms with Gasteiger partial charge in [-0.25, -0.2) is 0 Å². The van der Waals surface area contributed by atoms with E-state index in [0.717, 1.165) is 37.1 Å². The van der Waals surface area contributed by atoms with Crippen LogP contribution in [-0.4, -0.2) is 0 Å². The minimum Gasteiger partial charge on any atom is -0.399 e. The summed E-state index contributed by atoms with van der Waals surface area (Å²) in [5.41, 5.74) is 24.1. The van der Waals surface area contributed by atoms with E-state index in [-0.39, 0.29) is 0 Å². The molecule has 4 rings (SSSR count). The first-order chi connectivity index (χ1) is 15.5. The van der Waals surface area contributed by atoms with Gasteiger partial charge in [0.05, 0.1) is 0 Å². The third kappa shape index (κ3) is 5.59. The summed E-state index contributed by atoms with van der Waals surface area (Å²) in [6.07, 6.45) is 4.00.